The Hall–Kier alpha value is -2.58. The number of hydrogen-bond acceptors (Lipinski definition) is 4. The van der Waals surface area contributed by atoms with Crippen LogP contribution in [0.1, 0.15) is 34.3 Å². The Morgan fingerprint density at radius 1 is 1.20 bits per heavy atom. The first-order valence-electron chi connectivity index (χ1n) is 7.65. The number of nitrogens with zero attached hydrogens (tertiary/aromatic N) is 2. The van der Waals surface area contributed by atoms with Crippen molar-refractivity contribution in [3.63, 3.8) is 0 Å². The van der Waals surface area contributed by atoms with Crippen molar-refractivity contribution in [2.45, 2.75) is 31.6 Å². The molecule has 1 atom stereocenters. The SMILES string of the molecule is CN(C)c1cc2c(cc1C(F)(F)F)C(=O)N(C1CCC(=O)NC1=O)C2. The van der Waals surface area contributed by atoms with Crippen molar-refractivity contribution in [2.75, 3.05) is 19.0 Å². The van der Waals surface area contributed by atoms with Crippen molar-refractivity contribution in [3.8, 4) is 0 Å². The Bertz CT molecular complexity index is 774. The topological polar surface area (TPSA) is 69.7 Å². The monoisotopic (exact) mass is 355 g/mol. The number of carbonyl (C=O) groups excluding carboxylic acids is 3. The molecule has 3 amide bonds. The molecule has 9 heteroatoms. The van der Waals surface area contributed by atoms with Crippen molar-refractivity contribution in [1.29, 1.82) is 0 Å². The van der Waals surface area contributed by atoms with E-state index in [1.165, 1.54) is 30.0 Å². The fourth-order valence-electron chi connectivity index (χ4n) is 3.20. The number of halogens is 3. The molecule has 1 aromatic carbocycles. The number of benzene rings is 1. The lowest BCUT2D eigenvalue weighted by atomic mass is 10.0. The largest absolute Gasteiger partial charge is 0.418 e. The molecule has 2 heterocycles. The number of imide groups is 1. The summed E-state index contributed by atoms with van der Waals surface area (Å²) in [6.07, 6.45) is -4.35. The predicted octanol–water partition coefficient (Wildman–Crippen LogP) is 1.53. The first-order chi connectivity index (χ1) is 11.6. The molecule has 0 saturated carbocycles. The van der Waals surface area contributed by atoms with E-state index in [2.05, 4.69) is 5.32 Å². The zero-order chi connectivity index (χ0) is 18.5. The van der Waals surface area contributed by atoms with Gasteiger partial charge >= 0.3 is 6.18 Å². The van der Waals surface area contributed by atoms with Gasteiger partial charge in [0.25, 0.3) is 5.91 Å². The maximum Gasteiger partial charge on any atom is 0.418 e. The van der Waals surface area contributed by atoms with Gasteiger partial charge in [0.15, 0.2) is 0 Å². The van der Waals surface area contributed by atoms with Gasteiger partial charge in [-0.05, 0) is 24.1 Å². The van der Waals surface area contributed by atoms with Crippen LogP contribution < -0.4 is 10.2 Å². The highest BCUT2D eigenvalue weighted by Crippen LogP contribution is 2.40. The van der Waals surface area contributed by atoms with Crippen LogP contribution in [0.2, 0.25) is 0 Å². The summed E-state index contributed by atoms with van der Waals surface area (Å²) >= 11 is 0. The van der Waals surface area contributed by atoms with Crippen molar-refractivity contribution >= 4 is 23.4 Å². The molecule has 134 valence electrons. The number of amides is 3. The minimum Gasteiger partial charge on any atom is -0.377 e. The smallest absolute Gasteiger partial charge is 0.377 e. The third-order valence-electron chi connectivity index (χ3n) is 4.43. The summed E-state index contributed by atoms with van der Waals surface area (Å²) in [5.41, 5.74) is -0.548. The van der Waals surface area contributed by atoms with E-state index in [-0.39, 0.29) is 30.6 Å². The number of carbonyl (C=O) groups is 3. The van der Waals surface area contributed by atoms with E-state index in [0.717, 1.165) is 6.07 Å². The molecule has 6 nitrogen and oxygen atoms in total. The molecule has 25 heavy (non-hydrogen) atoms. The molecule has 1 fully saturated rings. The Labute approximate surface area is 141 Å². The van der Waals surface area contributed by atoms with Crippen LogP contribution in [-0.2, 0) is 22.3 Å². The van der Waals surface area contributed by atoms with E-state index in [0.29, 0.717) is 5.56 Å². The molecule has 3 rings (SSSR count). The van der Waals surface area contributed by atoms with Gasteiger partial charge in [0.1, 0.15) is 6.04 Å². The molecule has 0 spiro atoms. The summed E-state index contributed by atoms with van der Waals surface area (Å²) in [6, 6.07) is 1.33. The molecular formula is C16H16F3N3O3. The van der Waals surface area contributed by atoms with Gasteiger partial charge in [0, 0.05) is 38.3 Å². The third-order valence-corrected chi connectivity index (χ3v) is 4.43. The lowest BCUT2D eigenvalue weighted by Crippen LogP contribution is -2.52. The fraction of sp³-hybridized carbons (Fsp3) is 0.438. The van der Waals surface area contributed by atoms with Gasteiger partial charge in [-0.15, -0.1) is 0 Å². The van der Waals surface area contributed by atoms with E-state index in [4.69, 9.17) is 0 Å². The standard InChI is InChI=1S/C16H16F3N3O3/c1-21(2)12-5-8-7-22(11-3-4-13(23)20-14(11)24)15(25)9(8)6-10(12)16(17,18)19/h5-6,11H,3-4,7H2,1-2H3,(H,20,23,24). The molecule has 1 aromatic rings. The van der Waals surface area contributed by atoms with Crippen molar-refractivity contribution < 1.29 is 27.6 Å². The molecule has 0 radical (unpaired) electrons. The van der Waals surface area contributed by atoms with Crippen molar-refractivity contribution in [3.05, 3.63) is 28.8 Å². The zero-order valence-corrected chi connectivity index (χ0v) is 13.6. The van der Waals surface area contributed by atoms with Gasteiger partial charge in [0.2, 0.25) is 11.8 Å². The molecule has 0 aromatic heterocycles. The number of fused-ring (bicyclic) bond motifs is 1. The van der Waals surface area contributed by atoms with Crippen LogP contribution in [0, 0.1) is 0 Å². The molecule has 1 N–H and O–H groups in total. The number of anilines is 1. The van der Waals surface area contributed by atoms with Gasteiger partial charge < -0.3 is 9.80 Å². The lowest BCUT2D eigenvalue weighted by Gasteiger charge is -2.29. The molecule has 0 aliphatic carbocycles. The van der Waals surface area contributed by atoms with E-state index in [9.17, 15) is 27.6 Å². The van der Waals surface area contributed by atoms with Gasteiger partial charge in [-0.1, -0.05) is 0 Å². The number of nitrogens with one attached hydrogen (secondary N) is 1. The molecular weight excluding hydrogens is 339 g/mol. The van der Waals surface area contributed by atoms with Crippen molar-refractivity contribution in [2.24, 2.45) is 0 Å². The van der Waals surface area contributed by atoms with Gasteiger partial charge in [-0.25, -0.2) is 0 Å². The van der Waals surface area contributed by atoms with Crippen LogP contribution >= 0.6 is 0 Å². The number of hydrogen-bond donors (Lipinski definition) is 1. The van der Waals surface area contributed by atoms with Gasteiger partial charge in [-0.3, -0.25) is 19.7 Å². The van der Waals surface area contributed by atoms with Crippen molar-refractivity contribution in [1.82, 2.24) is 10.2 Å². The van der Waals surface area contributed by atoms with E-state index in [1.807, 2.05) is 0 Å². The highest BCUT2D eigenvalue weighted by atomic mass is 19.4. The Morgan fingerprint density at radius 3 is 2.44 bits per heavy atom. The summed E-state index contributed by atoms with van der Waals surface area (Å²) in [7, 11) is 2.98. The molecule has 2 aliphatic rings. The van der Waals surface area contributed by atoms with Gasteiger partial charge in [-0.2, -0.15) is 13.2 Å². The summed E-state index contributed by atoms with van der Waals surface area (Å²) < 4.78 is 39.9. The minimum absolute atomic E-state index is 0.0378. The highest BCUT2D eigenvalue weighted by Gasteiger charge is 2.42. The van der Waals surface area contributed by atoms with Crippen LogP contribution in [-0.4, -0.2) is 42.8 Å². The lowest BCUT2D eigenvalue weighted by molar-refractivity contribution is -0.138. The van der Waals surface area contributed by atoms with Gasteiger partial charge in [0.05, 0.1) is 5.56 Å². The van der Waals surface area contributed by atoms with E-state index in [1.54, 1.807) is 0 Å². The minimum atomic E-state index is -4.60. The zero-order valence-electron chi connectivity index (χ0n) is 13.6. The average Bonchev–Trinajstić information content (AvgIpc) is 2.81. The maximum atomic E-state index is 13.3. The molecule has 1 unspecified atom stereocenters. The molecule has 2 aliphatic heterocycles. The van der Waals surface area contributed by atoms with Crippen LogP contribution in [0.5, 0.6) is 0 Å². The first-order valence-corrected chi connectivity index (χ1v) is 7.65. The second-order valence-electron chi connectivity index (χ2n) is 6.32. The highest BCUT2D eigenvalue weighted by molar-refractivity contribution is 6.05. The number of alkyl halides is 3. The van der Waals surface area contributed by atoms with Crippen LogP contribution in [0.15, 0.2) is 12.1 Å². The summed E-state index contributed by atoms with van der Waals surface area (Å²) in [5, 5.41) is 2.16. The second kappa shape index (κ2) is 5.75. The first kappa shape index (κ1) is 17.2. The number of rotatable bonds is 2. The van der Waals surface area contributed by atoms with E-state index < -0.39 is 35.5 Å². The fourth-order valence-corrected chi connectivity index (χ4v) is 3.20. The molecule has 0 bridgehead atoms. The van der Waals surface area contributed by atoms with Crippen LogP contribution in [0.4, 0.5) is 18.9 Å². The predicted molar refractivity (Wildman–Crippen MR) is 81.8 cm³/mol. The summed E-state index contributed by atoms with van der Waals surface area (Å²) in [5.74, 6) is -1.64. The normalized spacial score (nSPS) is 20.6. The maximum absolute atomic E-state index is 13.3. The summed E-state index contributed by atoms with van der Waals surface area (Å²) in [4.78, 5) is 38.3. The van der Waals surface area contributed by atoms with E-state index >= 15 is 0 Å². The quantitative estimate of drug-likeness (QED) is 0.817. The third kappa shape index (κ3) is 2.94. The Balaban J connectivity index is 1.99. The van der Waals surface area contributed by atoms with Crippen LogP contribution in [0.3, 0.4) is 0 Å². The molecule has 1 saturated heterocycles. The average molecular weight is 355 g/mol. The second-order valence-corrected chi connectivity index (χ2v) is 6.32. The van der Waals surface area contributed by atoms with Crippen LogP contribution in [0.25, 0.3) is 0 Å². The summed E-state index contributed by atoms with van der Waals surface area (Å²) in [6.45, 7) is 0.0411. The Kier molecular flexibility index (Phi) is 3.97. The Morgan fingerprint density at radius 2 is 1.88 bits per heavy atom. The number of piperidine rings is 1.